The average molecular weight is 281 g/mol. The molecule has 2 aromatic rings. The van der Waals surface area contributed by atoms with Crippen molar-refractivity contribution in [3.05, 3.63) is 59.2 Å². The molecule has 0 bridgehead atoms. The SMILES string of the molecule is COCCc1ccc(Oc2ccc(C=O)cc2C#N)cc1. The smallest absolute Gasteiger partial charge is 0.150 e. The Labute approximate surface area is 123 Å². The molecule has 4 nitrogen and oxygen atoms in total. The number of aldehydes is 1. The van der Waals surface area contributed by atoms with E-state index in [0.717, 1.165) is 12.0 Å². The molecule has 106 valence electrons. The van der Waals surface area contributed by atoms with Gasteiger partial charge in [0.2, 0.25) is 0 Å². The van der Waals surface area contributed by atoms with Crippen LogP contribution in [0.2, 0.25) is 0 Å². The molecule has 0 fully saturated rings. The summed E-state index contributed by atoms with van der Waals surface area (Å²) in [5, 5.41) is 9.10. The molecule has 0 aliphatic heterocycles. The maximum absolute atomic E-state index is 10.7. The van der Waals surface area contributed by atoms with Crippen molar-refractivity contribution in [2.45, 2.75) is 6.42 Å². The molecule has 21 heavy (non-hydrogen) atoms. The van der Waals surface area contributed by atoms with Crippen molar-refractivity contribution < 1.29 is 14.3 Å². The molecule has 0 saturated heterocycles. The van der Waals surface area contributed by atoms with E-state index < -0.39 is 0 Å². The van der Waals surface area contributed by atoms with Crippen molar-refractivity contribution in [1.29, 1.82) is 5.26 Å². The largest absolute Gasteiger partial charge is 0.456 e. The van der Waals surface area contributed by atoms with E-state index in [2.05, 4.69) is 0 Å². The fourth-order valence-electron chi connectivity index (χ4n) is 1.87. The number of rotatable bonds is 6. The number of hydrogen-bond donors (Lipinski definition) is 0. The minimum atomic E-state index is 0.336. The second-order valence-electron chi connectivity index (χ2n) is 4.47. The fraction of sp³-hybridized carbons (Fsp3) is 0.176. The Morgan fingerprint density at radius 3 is 2.57 bits per heavy atom. The van der Waals surface area contributed by atoms with Crippen molar-refractivity contribution in [3.63, 3.8) is 0 Å². The molecule has 0 aliphatic carbocycles. The van der Waals surface area contributed by atoms with Crippen LogP contribution in [0.15, 0.2) is 42.5 Å². The summed E-state index contributed by atoms with van der Waals surface area (Å²) in [5.41, 5.74) is 1.94. The van der Waals surface area contributed by atoms with Crippen LogP contribution in [0.25, 0.3) is 0 Å². The van der Waals surface area contributed by atoms with E-state index in [-0.39, 0.29) is 0 Å². The molecule has 0 N–H and O–H groups in total. The average Bonchev–Trinajstić information content (AvgIpc) is 2.54. The third kappa shape index (κ3) is 3.91. The van der Waals surface area contributed by atoms with Gasteiger partial charge in [0.05, 0.1) is 12.2 Å². The summed E-state index contributed by atoms with van der Waals surface area (Å²) in [5.74, 6) is 1.08. The van der Waals surface area contributed by atoms with Gasteiger partial charge in [0.15, 0.2) is 0 Å². The van der Waals surface area contributed by atoms with Crippen LogP contribution in [-0.2, 0) is 11.2 Å². The highest BCUT2D eigenvalue weighted by atomic mass is 16.5. The van der Waals surface area contributed by atoms with Gasteiger partial charge in [-0.15, -0.1) is 0 Å². The number of hydrogen-bond acceptors (Lipinski definition) is 4. The first-order chi connectivity index (χ1) is 10.3. The van der Waals surface area contributed by atoms with Crippen LogP contribution in [0.4, 0.5) is 0 Å². The van der Waals surface area contributed by atoms with Gasteiger partial charge in [0.25, 0.3) is 0 Å². The highest BCUT2D eigenvalue weighted by Crippen LogP contribution is 2.26. The third-order valence-corrected chi connectivity index (χ3v) is 3.01. The van der Waals surface area contributed by atoms with Crippen LogP contribution < -0.4 is 4.74 Å². The van der Waals surface area contributed by atoms with Crippen molar-refractivity contribution in [1.82, 2.24) is 0 Å². The van der Waals surface area contributed by atoms with Crippen molar-refractivity contribution in [2.75, 3.05) is 13.7 Å². The monoisotopic (exact) mass is 281 g/mol. The Hall–Kier alpha value is -2.64. The summed E-state index contributed by atoms with van der Waals surface area (Å²) in [7, 11) is 1.67. The predicted molar refractivity (Wildman–Crippen MR) is 78.6 cm³/mol. The lowest BCUT2D eigenvalue weighted by Gasteiger charge is -2.08. The van der Waals surface area contributed by atoms with Crippen molar-refractivity contribution in [2.24, 2.45) is 0 Å². The second-order valence-corrected chi connectivity index (χ2v) is 4.47. The zero-order valence-electron chi connectivity index (χ0n) is 11.7. The van der Waals surface area contributed by atoms with E-state index in [1.807, 2.05) is 30.3 Å². The van der Waals surface area contributed by atoms with Gasteiger partial charge >= 0.3 is 0 Å². The summed E-state index contributed by atoms with van der Waals surface area (Å²) >= 11 is 0. The molecule has 0 unspecified atom stereocenters. The molecule has 2 rings (SSSR count). The van der Waals surface area contributed by atoms with E-state index in [1.54, 1.807) is 19.2 Å². The lowest BCUT2D eigenvalue weighted by molar-refractivity contribution is 0.112. The molecule has 4 heteroatoms. The number of benzene rings is 2. The Balaban J connectivity index is 2.14. The first-order valence-corrected chi connectivity index (χ1v) is 6.52. The number of nitriles is 1. The summed E-state index contributed by atoms with van der Waals surface area (Å²) in [4.78, 5) is 10.7. The van der Waals surface area contributed by atoms with Crippen LogP contribution in [-0.4, -0.2) is 20.0 Å². The second kappa shape index (κ2) is 7.22. The zero-order chi connectivity index (χ0) is 15.1. The lowest BCUT2D eigenvalue weighted by Crippen LogP contribution is -1.94. The number of carbonyl (C=O) groups is 1. The molecular formula is C17H15NO3. The summed E-state index contributed by atoms with van der Waals surface area (Å²) in [6, 6.07) is 14.4. The maximum atomic E-state index is 10.7. The minimum absolute atomic E-state index is 0.336. The van der Waals surface area contributed by atoms with Gasteiger partial charge in [0.1, 0.15) is 23.9 Å². The van der Waals surface area contributed by atoms with E-state index >= 15 is 0 Å². The molecule has 0 saturated carbocycles. The highest BCUT2D eigenvalue weighted by molar-refractivity contribution is 5.76. The van der Waals surface area contributed by atoms with Gasteiger partial charge in [-0.1, -0.05) is 12.1 Å². The normalized spacial score (nSPS) is 9.90. The van der Waals surface area contributed by atoms with Crippen LogP contribution in [0.3, 0.4) is 0 Å². The molecule has 0 amide bonds. The van der Waals surface area contributed by atoms with Gasteiger partial charge in [-0.25, -0.2) is 0 Å². The van der Waals surface area contributed by atoms with Gasteiger partial charge in [0, 0.05) is 12.7 Å². The van der Waals surface area contributed by atoms with E-state index in [4.69, 9.17) is 14.7 Å². The van der Waals surface area contributed by atoms with Crippen molar-refractivity contribution >= 4 is 6.29 Å². The number of carbonyl (C=O) groups excluding carboxylic acids is 1. The van der Waals surface area contributed by atoms with E-state index in [0.29, 0.717) is 35.5 Å². The molecule has 2 aromatic carbocycles. The molecule has 0 spiro atoms. The lowest BCUT2D eigenvalue weighted by atomic mass is 10.1. The van der Waals surface area contributed by atoms with Crippen LogP contribution >= 0.6 is 0 Å². The Kier molecular flexibility index (Phi) is 5.08. The van der Waals surface area contributed by atoms with Crippen molar-refractivity contribution in [3.8, 4) is 17.6 Å². The van der Waals surface area contributed by atoms with Gasteiger partial charge in [-0.3, -0.25) is 4.79 Å². The minimum Gasteiger partial charge on any atom is -0.456 e. The van der Waals surface area contributed by atoms with E-state index in [1.165, 1.54) is 6.07 Å². The first kappa shape index (κ1) is 14.8. The molecule has 0 aromatic heterocycles. The van der Waals surface area contributed by atoms with Gasteiger partial charge < -0.3 is 9.47 Å². The topological polar surface area (TPSA) is 59.3 Å². The van der Waals surface area contributed by atoms with Gasteiger partial charge in [-0.05, 0) is 42.3 Å². The maximum Gasteiger partial charge on any atom is 0.150 e. The molecule has 0 aliphatic rings. The number of methoxy groups -OCH3 is 1. The molecular weight excluding hydrogens is 266 g/mol. The summed E-state index contributed by atoms with van der Waals surface area (Å²) < 4.78 is 10.7. The van der Waals surface area contributed by atoms with Crippen LogP contribution in [0.5, 0.6) is 11.5 Å². The number of ether oxygens (including phenoxy) is 2. The molecule has 0 radical (unpaired) electrons. The predicted octanol–water partition coefficient (Wildman–Crippen LogP) is 3.35. The Morgan fingerprint density at radius 1 is 1.19 bits per heavy atom. The zero-order valence-corrected chi connectivity index (χ0v) is 11.7. The standard InChI is InChI=1S/C17H15NO3/c1-20-9-8-13-2-5-16(6-3-13)21-17-7-4-14(12-19)10-15(17)11-18/h2-7,10,12H,8-9H2,1H3. The third-order valence-electron chi connectivity index (χ3n) is 3.01. The fourth-order valence-corrected chi connectivity index (χ4v) is 1.87. The van der Waals surface area contributed by atoms with E-state index in [9.17, 15) is 4.79 Å². The highest BCUT2D eigenvalue weighted by Gasteiger charge is 2.06. The van der Waals surface area contributed by atoms with Crippen LogP contribution in [0.1, 0.15) is 21.5 Å². The summed E-state index contributed by atoms with van der Waals surface area (Å²) in [6.07, 6.45) is 1.55. The number of nitrogens with zero attached hydrogens (tertiary/aromatic N) is 1. The first-order valence-electron chi connectivity index (χ1n) is 6.52. The molecule has 0 heterocycles. The Morgan fingerprint density at radius 2 is 1.95 bits per heavy atom. The van der Waals surface area contributed by atoms with Gasteiger partial charge in [-0.2, -0.15) is 5.26 Å². The molecule has 0 atom stereocenters. The van der Waals surface area contributed by atoms with Crippen LogP contribution in [0, 0.1) is 11.3 Å². The summed E-state index contributed by atoms with van der Waals surface area (Å²) in [6.45, 7) is 0.673. The Bertz CT molecular complexity index is 657. The quantitative estimate of drug-likeness (QED) is 0.762.